The molecule has 0 unspecified atom stereocenters. The molecule has 0 radical (unpaired) electrons. The molecule has 1 heterocycles. The summed E-state index contributed by atoms with van der Waals surface area (Å²) < 4.78 is 0. The number of aliphatic carboxylic acids is 1. The molecule has 76 valence electrons. The normalized spacial score (nSPS) is 29.4. The molecule has 0 aromatic carbocycles. The summed E-state index contributed by atoms with van der Waals surface area (Å²) in [5.41, 5.74) is 0. The van der Waals surface area contributed by atoms with Crippen LogP contribution in [-0.4, -0.2) is 47.6 Å². The summed E-state index contributed by atoms with van der Waals surface area (Å²) in [5.74, 6) is 0.611. The largest absolute Gasteiger partial charge is 0.481 e. The zero-order valence-corrected chi connectivity index (χ0v) is 9.01. The molecular formula is C9H17NO2S. The van der Waals surface area contributed by atoms with E-state index < -0.39 is 5.97 Å². The molecule has 1 aliphatic rings. The van der Waals surface area contributed by atoms with Crippen molar-refractivity contribution in [3.05, 3.63) is 0 Å². The zero-order valence-electron chi connectivity index (χ0n) is 8.19. The van der Waals surface area contributed by atoms with Gasteiger partial charge in [0.15, 0.2) is 0 Å². The van der Waals surface area contributed by atoms with Crippen molar-refractivity contribution in [2.45, 2.75) is 6.92 Å². The fourth-order valence-corrected chi connectivity index (χ4v) is 2.23. The Morgan fingerprint density at radius 1 is 1.62 bits per heavy atom. The summed E-state index contributed by atoms with van der Waals surface area (Å²) in [6, 6.07) is 0. The average molecular weight is 203 g/mol. The van der Waals surface area contributed by atoms with Crippen LogP contribution in [0.5, 0.6) is 0 Å². The second-order valence-corrected chi connectivity index (χ2v) is 4.66. The Kier molecular flexibility index (Phi) is 4.06. The lowest BCUT2D eigenvalue weighted by Gasteiger charge is -2.13. The Balaban J connectivity index is 2.36. The zero-order chi connectivity index (χ0) is 9.84. The molecule has 0 bridgehead atoms. The average Bonchev–Trinajstić information content (AvgIpc) is 2.43. The van der Waals surface area contributed by atoms with E-state index in [-0.39, 0.29) is 5.92 Å². The quantitative estimate of drug-likeness (QED) is 0.740. The van der Waals surface area contributed by atoms with E-state index in [2.05, 4.69) is 11.2 Å². The van der Waals surface area contributed by atoms with Gasteiger partial charge in [0.1, 0.15) is 0 Å². The van der Waals surface area contributed by atoms with E-state index in [0.717, 1.165) is 25.4 Å². The summed E-state index contributed by atoms with van der Waals surface area (Å²) in [5, 5.41) is 8.89. The van der Waals surface area contributed by atoms with Crippen LogP contribution in [0, 0.1) is 11.8 Å². The summed E-state index contributed by atoms with van der Waals surface area (Å²) >= 11 is 1.81. The first-order chi connectivity index (χ1) is 6.15. The van der Waals surface area contributed by atoms with Crippen LogP contribution in [0.3, 0.4) is 0 Å². The minimum atomic E-state index is -0.640. The molecule has 0 spiro atoms. The summed E-state index contributed by atoms with van der Waals surface area (Å²) in [6.45, 7) is 4.72. The third kappa shape index (κ3) is 2.88. The van der Waals surface area contributed by atoms with Crippen LogP contribution < -0.4 is 0 Å². The fraction of sp³-hybridized carbons (Fsp3) is 0.889. The minimum Gasteiger partial charge on any atom is -0.481 e. The molecule has 4 heteroatoms. The molecule has 0 aromatic heterocycles. The highest BCUT2D eigenvalue weighted by molar-refractivity contribution is 7.98. The molecule has 0 aromatic rings. The Bertz CT molecular complexity index is 186. The van der Waals surface area contributed by atoms with E-state index >= 15 is 0 Å². The Labute approximate surface area is 83.5 Å². The maximum Gasteiger partial charge on any atom is 0.308 e. The Morgan fingerprint density at radius 2 is 2.31 bits per heavy atom. The van der Waals surface area contributed by atoms with Crippen molar-refractivity contribution in [3.8, 4) is 0 Å². The maximum absolute atomic E-state index is 10.8. The predicted molar refractivity (Wildman–Crippen MR) is 55.1 cm³/mol. The van der Waals surface area contributed by atoms with Crippen LogP contribution in [0.1, 0.15) is 6.92 Å². The van der Waals surface area contributed by atoms with Gasteiger partial charge in [-0.2, -0.15) is 11.8 Å². The van der Waals surface area contributed by atoms with Crippen LogP contribution >= 0.6 is 11.8 Å². The summed E-state index contributed by atoms with van der Waals surface area (Å²) in [7, 11) is 0. The fourth-order valence-electron chi connectivity index (χ4n) is 1.79. The highest BCUT2D eigenvalue weighted by Crippen LogP contribution is 2.22. The highest BCUT2D eigenvalue weighted by Gasteiger charge is 2.33. The second kappa shape index (κ2) is 4.86. The van der Waals surface area contributed by atoms with Gasteiger partial charge in [0.25, 0.3) is 0 Å². The third-order valence-electron chi connectivity index (χ3n) is 2.62. The van der Waals surface area contributed by atoms with Crippen molar-refractivity contribution in [1.29, 1.82) is 0 Å². The SMILES string of the molecule is CSCCN1C[C@@H](C)[C@H](C(=O)O)C1. The van der Waals surface area contributed by atoms with Gasteiger partial charge in [-0.25, -0.2) is 0 Å². The second-order valence-electron chi connectivity index (χ2n) is 3.67. The van der Waals surface area contributed by atoms with Gasteiger partial charge in [-0.15, -0.1) is 0 Å². The van der Waals surface area contributed by atoms with Gasteiger partial charge in [-0.1, -0.05) is 6.92 Å². The third-order valence-corrected chi connectivity index (χ3v) is 3.21. The number of hydrogen-bond donors (Lipinski definition) is 1. The molecule has 1 fully saturated rings. The van der Waals surface area contributed by atoms with Crippen LogP contribution in [0.25, 0.3) is 0 Å². The maximum atomic E-state index is 10.8. The van der Waals surface area contributed by atoms with Gasteiger partial charge in [0, 0.05) is 25.4 Å². The first-order valence-corrected chi connectivity index (χ1v) is 5.98. The van der Waals surface area contributed by atoms with E-state index in [1.54, 1.807) is 0 Å². The number of hydrogen-bond acceptors (Lipinski definition) is 3. The van der Waals surface area contributed by atoms with Crippen LogP contribution in [0.15, 0.2) is 0 Å². The van der Waals surface area contributed by atoms with Gasteiger partial charge in [-0.3, -0.25) is 4.79 Å². The van der Waals surface area contributed by atoms with Crippen molar-refractivity contribution in [2.24, 2.45) is 11.8 Å². The Morgan fingerprint density at radius 3 is 2.77 bits per heavy atom. The molecule has 2 atom stereocenters. The van der Waals surface area contributed by atoms with Crippen LogP contribution in [0.2, 0.25) is 0 Å². The van der Waals surface area contributed by atoms with Gasteiger partial charge in [-0.05, 0) is 12.2 Å². The lowest BCUT2D eigenvalue weighted by Crippen LogP contribution is -2.25. The van der Waals surface area contributed by atoms with Crippen molar-refractivity contribution in [3.63, 3.8) is 0 Å². The van der Waals surface area contributed by atoms with Gasteiger partial charge < -0.3 is 10.0 Å². The van der Waals surface area contributed by atoms with E-state index in [1.165, 1.54) is 0 Å². The number of nitrogens with zero attached hydrogens (tertiary/aromatic N) is 1. The highest BCUT2D eigenvalue weighted by atomic mass is 32.2. The molecule has 0 amide bonds. The smallest absolute Gasteiger partial charge is 0.308 e. The predicted octanol–water partition coefficient (Wildman–Crippen LogP) is 1.00. The van der Waals surface area contributed by atoms with Crippen molar-refractivity contribution >= 4 is 17.7 Å². The molecule has 3 nitrogen and oxygen atoms in total. The van der Waals surface area contributed by atoms with Crippen molar-refractivity contribution in [1.82, 2.24) is 4.90 Å². The number of carboxylic acids is 1. The monoisotopic (exact) mass is 203 g/mol. The number of likely N-dealkylation sites (tertiary alicyclic amines) is 1. The van der Waals surface area contributed by atoms with Crippen molar-refractivity contribution in [2.75, 3.05) is 31.6 Å². The molecule has 1 N–H and O–H groups in total. The molecule has 0 aliphatic carbocycles. The van der Waals surface area contributed by atoms with Crippen molar-refractivity contribution < 1.29 is 9.90 Å². The van der Waals surface area contributed by atoms with Crippen LogP contribution in [0.4, 0.5) is 0 Å². The molecule has 0 saturated carbocycles. The molecule has 1 rings (SSSR count). The number of carbonyl (C=O) groups is 1. The van der Waals surface area contributed by atoms with Gasteiger partial charge in [0.05, 0.1) is 5.92 Å². The van der Waals surface area contributed by atoms with Crippen LogP contribution in [-0.2, 0) is 4.79 Å². The first kappa shape index (κ1) is 10.9. The summed E-state index contributed by atoms with van der Waals surface area (Å²) in [4.78, 5) is 13.0. The molecule has 1 saturated heterocycles. The van der Waals surface area contributed by atoms with Gasteiger partial charge in [0.2, 0.25) is 0 Å². The Hall–Kier alpha value is -0.220. The van der Waals surface area contributed by atoms with E-state index in [1.807, 2.05) is 18.7 Å². The minimum absolute atomic E-state index is 0.151. The van der Waals surface area contributed by atoms with E-state index in [4.69, 9.17) is 5.11 Å². The molecule has 13 heavy (non-hydrogen) atoms. The molecule has 1 aliphatic heterocycles. The number of carboxylic acid groups (broad SMARTS) is 1. The van der Waals surface area contributed by atoms with E-state index in [9.17, 15) is 4.79 Å². The van der Waals surface area contributed by atoms with Gasteiger partial charge >= 0.3 is 5.97 Å². The summed E-state index contributed by atoms with van der Waals surface area (Å²) in [6.07, 6.45) is 2.08. The molecular weight excluding hydrogens is 186 g/mol. The van der Waals surface area contributed by atoms with E-state index in [0.29, 0.717) is 5.92 Å². The number of rotatable bonds is 4. The lowest BCUT2D eigenvalue weighted by atomic mass is 9.99. The lowest BCUT2D eigenvalue weighted by molar-refractivity contribution is -0.142. The first-order valence-electron chi connectivity index (χ1n) is 4.59. The topological polar surface area (TPSA) is 40.5 Å². The number of thioether (sulfide) groups is 1. The standard InChI is InChI=1S/C9H17NO2S/c1-7-5-10(3-4-13-2)6-8(7)9(11)12/h7-8H,3-6H2,1-2H3,(H,11,12)/t7-,8-/m1/s1.